The van der Waals surface area contributed by atoms with Crippen molar-refractivity contribution in [2.45, 2.75) is 13.3 Å². The van der Waals surface area contributed by atoms with E-state index in [-0.39, 0.29) is 16.4 Å². The zero-order valence-corrected chi connectivity index (χ0v) is 17.0. The molecule has 7 heteroatoms. The maximum absolute atomic E-state index is 13.2. The topological polar surface area (TPSA) is 74.6 Å². The molecule has 0 saturated carbocycles. The number of hydrogen-bond donors (Lipinski definition) is 2. The number of phenols is 1. The summed E-state index contributed by atoms with van der Waals surface area (Å²) in [6.45, 7) is 2.05. The highest BCUT2D eigenvalue weighted by Crippen LogP contribution is 2.24. The van der Waals surface area contributed by atoms with E-state index in [1.165, 1.54) is 4.90 Å². The Labute approximate surface area is 179 Å². The van der Waals surface area contributed by atoms with E-state index in [1.54, 1.807) is 36.4 Å². The van der Waals surface area contributed by atoms with Gasteiger partial charge in [0.05, 0.1) is 5.69 Å². The van der Waals surface area contributed by atoms with Gasteiger partial charge in [-0.3, -0.25) is 19.8 Å². The fourth-order valence-corrected chi connectivity index (χ4v) is 3.56. The number of carbonyl (C=O) groups is 2. The third-order valence-electron chi connectivity index (χ3n) is 4.90. The van der Waals surface area contributed by atoms with E-state index >= 15 is 0 Å². The average Bonchev–Trinajstić information content (AvgIpc) is 3.20. The number of anilines is 1. The van der Waals surface area contributed by atoms with Crippen molar-refractivity contribution in [1.82, 2.24) is 9.88 Å². The molecular formula is C23H19N3O3S. The number of benzene rings is 2. The molecule has 1 aromatic heterocycles. The van der Waals surface area contributed by atoms with E-state index in [0.29, 0.717) is 11.4 Å². The van der Waals surface area contributed by atoms with Crippen LogP contribution in [0.5, 0.6) is 5.75 Å². The first-order valence-electron chi connectivity index (χ1n) is 9.45. The first-order chi connectivity index (χ1) is 14.5. The summed E-state index contributed by atoms with van der Waals surface area (Å²) in [7, 11) is 0. The van der Waals surface area contributed by atoms with Crippen molar-refractivity contribution in [3.63, 3.8) is 0 Å². The lowest BCUT2D eigenvalue weighted by atomic mass is 10.1. The number of hydrogen-bond acceptors (Lipinski definition) is 4. The lowest BCUT2D eigenvalue weighted by molar-refractivity contribution is -0.122. The summed E-state index contributed by atoms with van der Waals surface area (Å²) < 4.78 is 1.82. The third-order valence-corrected chi connectivity index (χ3v) is 5.19. The van der Waals surface area contributed by atoms with Crippen LogP contribution in [0.1, 0.15) is 18.2 Å². The standard InChI is InChI=1S/C23H19N3O3S/c1-2-15-5-7-17(8-6-15)26-22(29)20(21(28)24-23(26)30)14-18-4-3-13-25(18)16-9-11-19(27)12-10-16/h3-14,27H,2H2,1H3,(H,24,28,30)/b20-14+. The Hall–Kier alpha value is -3.71. The number of phenolic OH excluding ortho intramolecular Hbond substituents is 1. The van der Waals surface area contributed by atoms with E-state index < -0.39 is 11.8 Å². The van der Waals surface area contributed by atoms with Gasteiger partial charge in [-0.05, 0) is 78.8 Å². The zero-order chi connectivity index (χ0) is 21.3. The van der Waals surface area contributed by atoms with Crippen LogP contribution in [-0.4, -0.2) is 26.6 Å². The Morgan fingerprint density at radius 3 is 2.33 bits per heavy atom. The number of thiocarbonyl (C=S) groups is 1. The van der Waals surface area contributed by atoms with E-state index in [2.05, 4.69) is 12.2 Å². The molecule has 4 rings (SSSR count). The molecule has 30 heavy (non-hydrogen) atoms. The molecule has 0 radical (unpaired) electrons. The zero-order valence-electron chi connectivity index (χ0n) is 16.2. The predicted molar refractivity (Wildman–Crippen MR) is 119 cm³/mol. The number of nitrogens with one attached hydrogen (secondary N) is 1. The number of carbonyl (C=O) groups excluding carboxylic acids is 2. The maximum atomic E-state index is 13.2. The lowest BCUT2D eigenvalue weighted by Gasteiger charge is -2.29. The molecule has 2 N–H and O–H groups in total. The van der Waals surface area contributed by atoms with Gasteiger partial charge in [-0.2, -0.15) is 0 Å². The number of aromatic nitrogens is 1. The van der Waals surface area contributed by atoms with E-state index in [9.17, 15) is 14.7 Å². The molecule has 2 heterocycles. The van der Waals surface area contributed by atoms with Crippen molar-refractivity contribution in [1.29, 1.82) is 0 Å². The molecule has 1 fully saturated rings. The Morgan fingerprint density at radius 1 is 1.00 bits per heavy atom. The Balaban J connectivity index is 1.71. The van der Waals surface area contributed by atoms with Gasteiger partial charge in [0.2, 0.25) is 0 Å². The SMILES string of the molecule is CCc1ccc(N2C(=O)/C(=C/c3cccn3-c3ccc(O)cc3)C(=O)NC2=S)cc1. The van der Waals surface area contributed by atoms with Crippen LogP contribution in [0.25, 0.3) is 11.8 Å². The fraction of sp³-hybridized carbons (Fsp3) is 0.0870. The second-order valence-electron chi connectivity index (χ2n) is 6.80. The molecule has 0 unspecified atom stereocenters. The molecule has 0 spiro atoms. The summed E-state index contributed by atoms with van der Waals surface area (Å²) in [5.41, 5.74) is 3.16. The molecule has 1 aliphatic rings. The molecule has 0 bridgehead atoms. The number of aromatic hydroxyl groups is 1. The van der Waals surface area contributed by atoms with Crippen LogP contribution in [0.4, 0.5) is 5.69 Å². The molecule has 0 aliphatic carbocycles. The van der Waals surface area contributed by atoms with Crippen LogP contribution in [0.3, 0.4) is 0 Å². The van der Waals surface area contributed by atoms with Crippen molar-refractivity contribution < 1.29 is 14.7 Å². The van der Waals surface area contributed by atoms with Gasteiger partial charge in [-0.1, -0.05) is 19.1 Å². The second-order valence-corrected chi connectivity index (χ2v) is 7.18. The van der Waals surface area contributed by atoms with Gasteiger partial charge in [-0.25, -0.2) is 0 Å². The highest BCUT2D eigenvalue weighted by atomic mass is 32.1. The summed E-state index contributed by atoms with van der Waals surface area (Å²) in [6, 6.07) is 17.8. The minimum atomic E-state index is -0.537. The van der Waals surface area contributed by atoms with Gasteiger partial charge >= 0.3 is 0 Å². The normalized spacial score (nSPS) is 15.6. The van der Waals surface area contributed by atoms with Crippen LogP contribution in [-0.2, 0) is 16.0 Å². The summed E-state index contributed by atoms with van der Waals surface area (Å²) in [5, 5.41) is 12.2. The molecule has 150 valence electrons. The summed E-state index contributed by atoms with van der Waals surface area (Å²) in [6.07, 6.45) is 4.24. The van der Waals surface area contributed by atoms with Gasteiger partial charge in [-0.15, -0.1) is 0 Å². The highest BCUT2D eigenvalue weighted by molar-refractivity contribution is 7.80. The van der Waals surface area contributed by atoms with E-state index in [1.807, 2.05) is 41.1 Å². The highest BCUT2D eigenvalue weighted by Gasteiger charge is 2.34. The van der Waals surface area contributed by atoms with Crippen LogP contribution in [0.15, 0.2) is 72.4 Å². The van der Waals surface area contributed by atoms with Gasteiger partial charge in [0.15, 0.2) is 5.11 Å². The third kappa shape index (κ3) is 3.62. The van der Waals surface area contributed by atoms with Gasteiger partial charge in [0.1, 0.15) is 11.3 Å². The van der Waals surface area contributed by atoms with Crippen molar-refractivity contribution in [3.05, 3.63) is 83.7 Å². The minimum Gasteiger partial charge on any atom is -0.508 e. The summed E-state index contributed by atoms with van der Waals surface area (Å²) in [5.74, 6) is -0.859. The van der Waals surface area contributed by atoms with Crippen LogP contribution in [0, 0.1) is 0 Å². The number of amides is 2. The van der Waals surface area contributed by atoms with Crippen LogP contribution >= 0.6 is 12.2 Å². The van der Waals surface area contributed by atoms with E-state index in [0.717, 1.165) is 17.7 Å². The Kier molecular flexibility index (Phi) is 5.20. The monoisotopic (exact) mass is 417 g/mol. The number of aryl methyl sites for hydroxylation is 1. The molecular weight excluding hydrogens is 398 g/mol. The molecule has 6 nitrogen and oxygen atoms in total. The molecule has 1 saturated heterocycles. The molecule has 2 amide bonds. The van der Waals surface area contributed by atoms with Gasteiger partial charge in [0.25, 0.3) is 11.8 Å². The van der Waals surface area contributed by atoms with Gasteiger partial charge < -0.3 is 9.67 Å². The Bertz CT molecular complexity index is 1160. The fourth-order valence-electron chi connectivity index (χ4n) is 3.28. The van der Waals surface area contributed by atoms with E-state index in [4.69, 9.17) is 12.2 Å². The van der Waals surface area contributed by atoms with Crippen LogP contribution < -0.4 is 10.2 Å². The first-order valence-corrected chi connectivity index (χ1v) is 9.86. The van der Waals surface area contributed by atoms with Crippen LogP contribution in [0.2, 0.25) is 0 Å². The summed E-state index contributed by atoms with van der Waals surface area (Å²) >= 11 is 5.26. The average molecular weight is 417 g/mol. The van der Waals surface area contributed by atoms with Crippen molar-refractivity contribution in [2.24, 2.45) is 0 Å². The van der Waals surface area contributed by atoms with Gasteiger partial charge in [0, 0.05) is 17.6 Å². The first kappa shape index (κ1) is 19.6. The van der Waals surface area contributed by atoms with Crippen molar-refractivity contribution >= 4 is 40.9 Å². The lowest BCUT2D eigenvalue weighted by Crippen LogP contribution is -2.54. The number of nitrogens with zero attached hydrogens (tertiary/aromatic N) is 2. The number of rotatable bonds is 4. The van der Waals surface area contributed by atoms with Crippen molar-refractivity contribution in [3.8, 4) is 11.4 Å². The molecule has 3 aromatic rings. The minimum absolute atomic E-state index is 0.0121. The smallest absolute Gasteiger partial charge is 0.270 e. The summed E-state index contributed by atoms with van der Waals surface area (Å²) in [4.78, 5) is 27.1. The predicted octanol–water partition coefficient (Wildman–Crippen LogP) is 3.58. The second kappa shape index (κ2) is 7.96. The quantitative estimate of drug-likeness (QED) is 0.387. The largest absolute Gasteiger partial charge is 0.508 e. The maximum Gasteiger partial charge on any atom is 0.270 e. The Morgan fingerprint density at radius 2 is 1.67 bits per heavy atom. The molecule has 2 aromatic carbocycles. The molecule has 0 atom stereocenters. The van der Waals surface area contributed by atoms with Crippen molar-refractivity contribution in [2.75, 3.05) is 4.90 Å². The molecule has 1 aliphatic heterocycles.